The maximum atomic E-state index is 12.3. The summed E-state index contributed by atoms with van der Waals surface area (Å²) >= 11 is 0. The zero-order valence-electron chi connectivity index (χ0n) is 28.4. The van der Waals surface area contributed by atoms with Crippen molar-refractivity contribution in [3.05, 3.63) is 67.8 Å². The molecule has 0 aliphatic carbocycles. The molecule has 4 N–H and O–H groups in total. The van der Waals surface area contributed by atoms with Crippen molar-refractivity contribution in [2.24, 2.45) is 11.7 Å². The van der Waals surface area contributed by atoms with E-state index in [-0.39, 0.29) is 65.7 Å². The van der Waals surface area contributed by atoms with Crippen molar-refractivity contribution in [2.75, 3.05) is 57.6 Å². The Balaban J connectivity index is 1.67. The summed E-state index contributed by atoms with van der Waals surface area (Å²) < 4.78 is 21.0. The standard InChI is InChI=1S/C33H40N6O11/c1-33(2,3)50-32(42)37-14-11-21(20-37)10-6-9-15-49-27-18-22(30(34)40)16-24(38(43)44)29(27)36-13-8-7-12-35-28-25(39(45)46)17-23(31(41)48-5)19-26(28)47-4/h7-8,16-19,21,35-36H,10-15,20H2,1-5H3,(H2,34,40)/b8-7+. The van der Waals surface area contributed by atoms with Gasteiger partial charge < -0.3 is 40.2 Å². The fourth-order valence-corrected chi connectivity index (χ4v) is 4.86. The Morgan fingerprint density at radius 1 is 0.960 bits per heavy atom. The maximum absolute atomic E-state index is 12.3. The molecule has 1 fully saturated rings. The van der Waals surface area contributed by atoms with Crippen LogP contribution < -0.4 is 25.8 Å². The second-order valence-electron chi connectivity index (χ2n) is 12.0. The highest BCUT2D eigenvalue weighted by Crippen LogP contribution is 2.37. The van der Waals surface area contributed by atoms with Crippen molar-refractivity contribution in [2.45, 2.75) is 39.2 Å². The summed E-state index contributed by atoms with van der Waals surface area (Å²) in [5.74, 6) is 4.42. The number of ether oxygens (including phenoxy) is 4. The lowest BCUT2D eigenvalue weighted by molar-refractivity contribution is -0.384. The predicted molar refractivity (Wildman–Crippen MR) is 183 cm³/mol. The molecular weight excluding hydrogens is 656 g/mol. The molecule has 2 amide bonds. The molecule has 1 unspecified atom stereocenters. The van der Waals surface area contributed by atoms with Crippen LogP contribution in [0.25, 0.3) is 0 Å². The number of likely N-dealkylation sites (tertiary alicyclic amines) is 1. The van der Waals surface area contributed by atoms with E-state index in [1.165, 1.54) is 19.2 Å². The number of methoxy groups -OCH3 is 2. The van der Waals surface area contributed by atoms with Gasteiger partial charge in [-0.05, 0) is 45.2 Å². The van der Waals surface area contributed by atoms with Crippen LogP contribution in [0.3, 0.4) is 0 Å². The molecular formula is C33H40N6O11. The number of esters is 1. The summed E-state index contributed by atoms with van der Waals surface area (Å²) in [4.78, 5) is 60.0. The van der Waals surface area contributed by atoms with Crippen LogP contribution in [0.2, 0.25) is 0 Å². The molecule has 2 aromatic carbocycles. The van der Waals surface area contributed by atoms with Gasteiger partial charge in [-0.1, -0.05) is 24.0 Å². The molecule has 3 rings (SSSR count). The summed E-state index contributed by atoms with van der Waals surface area (Å²) in [5.41, 5.74) is 3.79. The third kappa shape index (κ3) is 10.7. The number of hydrogen-bond acceptors (Lipinski definition) is 13. The first kappa shape index (κ1) is 38.4. The predicted octanol–water partition coefficient (Wildman–Crippen LogP) is 4.51. The van der Waals surface area contributed by atoms with E-state index >= 15 is 0 Å². The number of nitrogens with two attached hydrogens (primary N) is 1. The summed E-state index contributed by atoms with van der Waals surface area (Å²) in [6, 6.07) is 4.69. The first-order chi connectivity index (χ1) is 23.6. The van der Waals surface area contributed by atoms with Gasteiger partial charge >= 0.3 is 12.1 Å². The fraction of sp³-hybridized carbons (Fsp3) is 0.424. The van der Waals surface area contributed by atoms with E-state index in [9.17, 15) is 34.6 Å². The maximum Gasteiger partial charge on any atom is 0.410 e. The highest BCUT2D eigenvalue weighted by atomic mass is 16.6. The Kier molecular flexibility index (Phi) is 13.3. The van der Waals surface area contributed by atoms with E-state index in [4.69, 9.17) is 19.9 Å². The Hall–Kier alpha value is -6.05. The van der Waals surface area contributed by atoms with E-state index in [0.717, 1.165) is 25.7 Å². The third-order valence-electron chi connectivity index (χ3n) is 7.19. The molecule has 0 spiro atoms. The van der Waals surface area contributed by atoms with Gasteiger partial charge in [-0.15, -0.1) is 0 Å². The number of nitro groups is 2. The normalized spacial score (nSPS) is 13.9. The average molecular weight is 697 g/mol. The lowest BCUT2D eigenvalue weighted by Crippen LogP contribution is -2.35. The van der Waals surface area contributed by atoms with Crippen LogP contribution in [0.5, 0.6) is 11.5 Å². The topological polar surface area (TPSA) is 228 Å². The monoisotopic (exact) mass is 696 g/mol. The minimum atomic E-state index is -0.888. The van der Waals surface area contributed by atoms with Crippen molar-refractivity contribution in [1.82, 2.24) is 4.90 Å². The van der Waals surface area contributed by atoms with Gasteiger partial charge in [0.05, 0.1) is 29.6 Å². The zero-order chi connectivity index (χ0) is 37.0. The van der Waals surface area contributed by atoms with E-state index in [1.807, 2.05) is 0 Å². The van der Waals surface area contributed by atoms with E-state index in [1.54, 1.807) is 37.8 Å². The van der Waals surface area contributed by atoms with Crippen LogP contribution in [0.15, 0.2) is 36.4 Å². The number of carbonyl (C=O) groups is 3. The molecule has 1 atom stereocenters. The molecule has 0 aromatic heterocycles. The van der Waals surface area contributed by atoms with E-state index in [2.05, 4.69) is 27.2 Å². The number of benzene rings is 2. The van der Waals surface area contributed by atoms with Crippen LogP contribution in [-0.2, 0) is 9.47 Å². The number of nitro benzene ring substituents is 2. The van der Waals surface area contributed by atoms with Crippen LogP contribution in [-0.4, -0.2) is 85.3 Å². The molecule has 268 valence electrons. The zero-order valence-corrected chi connectivity index (χ0v) is 28.4. The van der Waals surface area contributed by atoms with Crippen molar-refractivity contribution in [1.29, 1.82) is 0 Å². The van der Waals surface area contributed by atoms with Crippen molar-refractivity contribution >= 4 is 40.7 Å². The van der Waals surface area contributed by atoms with Gasteiger partial charge in [0.1, 0.15) is 18.0 Å². The van der Waals surface area contributed by atoms with Crippen molar-refractivity contribution in [3.63, 3.8) is 0 Å². The Morgan fingerprint density at radius 2 is 1.54 bits per heavy atom. The highest BCUT2D eigenvalue weighted by molar-refractivity contribution is 5.96. The largest absolute Gasteiger partial charge is 0.494 e. The van der Waals surface area contributed by atoms with E-state index < -0.39 is 38.7 Å². The van der Waals surface area contributed by atoms with Crippen LogP contribution in [0.4, 0.5) is 27.5 Å². The fourth-order valence-electron chi connectivity index (χ4n) is 4.86. The molecule has 1 aliphatic rings. The molecule has 2 aromatic rings. The van der Waals surface area contributed by atoms with Gasteiger partial charge in [0.2, 0.25) is 5.91 Å². The summed E-state index contributed by atoms with van der Waals surface area (Å²) in [5, 5.41) is 29.4. The number of rotatable bonds is 14. The number of primary amides is 1. The Bertz CT molecular complexity index is 1710. The van der Waals surface area contributed by atoms with Gasteiger partial charge in [0, 0.05) is 50.3 Å². The van der Waals surface area contributed by atoms with Crippen molar-refractivity contribution < 1.29 is 43.2 Å². The van der Waals surface area contributed by atoms with E-state index in [0.29, 0.717) is 19.5 Å². The molecule has 0 saturated carbocycles. The van der Waals surface area contributed by atoms with Crippen LogP contribution in [0, 0.1) is 38.0 Å². The SMILES string of the molecule is COC(=O)c1cc(OC)c(NC/C=C/CNc2c(OCC#CCC3CCN(C(=O)OC(C)(C)C)C3)cc(C(N)=O)cc2[N+](=O)[O-])c([N+](=O)[O-])c1. The lowest BCUT2D eigenvalue weighted by Gasteiger charge is -2.24. The quantitative estimate of drug-likeness (QED) is 0.0813. The molecule has 17 nitrogen and oxygen atoms in total. The third-order valence-corrected chi connectivity index (χ3v) is 7.19. The Labute approximate surface area is 288 Å². The second-order valence-corrected chi connectivity index (χ2v) is 12.0. The number of carbonyl (C=O) groups excluding carboxylic acids is 3. The summed E-state index contributed by atoms with van der Waals surface area (Å²) in [7, 11) is 2.45. The van der Waals surface area contributed by atoms with Gasteiger partial charge in [-0.25, -0.2) is 9.59 Å². The van der Waals surface area contributed by atoms with Crippen molar-refractivity contribution in [3.8, 4) is 23.3 Å². The number of hydrogen-bond donors (Lipinski definition) is 3. The molecule has 1 saturated heterocycles. The molecule has 1 aliphatic heterocycles. The smallest absolute Gasteiger partial charge is 0.410 e. The summed E-state index contributed by atoms with van der Waals surface area (Å²) in [6.07, 6.45) is 4.11. The lowest BCUT2D eigenvalue weighted by atomic mass is 10.1. The van der Waals surface area contributed by atoms with Gasteiger partial charge in [0.25, 0.3) is 11.4 Å². The number of nitrogens with zero attached hydrogens (tertiary/aromatic N) is 3. The van der Waals surface area contributed by atoms with Gasteiger partial charge in [-0.2, -0.15) is 0 Å². The molecule has 50 heavy (non-hydrogen) atoms. The molecule has 0 bridgehead atoms. The van der Waals surface area contributed by atoms with Crippen LogP contribution >= 0.6 is 0 Å². The number of nitrogens with one attached hydrogen (secondary N) is 2. The first-order valence-corrected chi connectivity index (χ1v) is 15.4. The van der Waals surface area contributed by atoms with Crippen LogP contribution in [0.1, 0.15) is 54.3 Å². The van der Waals surface area contributed by atoms with Gasteiger partial charge in [-0.3, -0.25) is 25.0 Å². The molecule has 1 heterocycles. The number of amides is 2. The number of anilines is 2. The molecule has 0 radical (unpaired) electrons. The second kappa shape index (κ2) is 17.4. The minimum Gasteiger partial charge on any atom is -0.494 e. The first-order valence-electron chi connectivity index (χ1n) is 15.4. The summed E-state index contributed by atoms with van der Waals surface area (Å²) in [6.45, 7) is 6.48. The van der Waals surface area contributed by atoms with Gasteiger partial charge in [0.15, 0.2) is 17.1 Å². The Morgan fingerprint density at radius 3 is 2.08 bits per heavy atom. The molecule has 17 heteroatoms. The minimum absolute atomic E-state index is 0.0149. The average Bonchev–Trinajstić information content (AvgIpc) is 3.54. The highest BCUT2D eigenvalue weighted by Gasteiger charge is 2.29.